The van der Waals surface area contributed by atoms with E-state index in [1.165, 1.54) is 23.4 Å². The van der Waals surface area contributed by atoms with E-state index < -0.39 is 5.97 Å². The number of aromatic nitrogens is 2. The number of thioether (sulfide) groups is 1. The van der Waals surface area contributed by atoms with Crippen LogP contribution in [-0.4, -0.2) is 21.0 Å². The number of furan rings is 1. The molecule has 3 aromatic heterocycles. The van der Waals surface area contributed by atoms with E-state index in [2.05, 4.69) is 53.5 Å². The maximum atomic E-state index is 11.0. The van der Waals surface area contributed by atoms with Crippen molar-refractivity contribution in [3.8, 4) is 11.1 Å². The van der Waals surface area contributed by atoms with Crippen molar-refractivity contribution < 1.29 is 14.3 Å². The molecule has 28 heavy (non-hydrogen) atoms. The first-order valence-corrected chi connectivity index (χ1v) is 10.7. The lowest BCUT2D eigenvalue weighted by Crippen LogP contribution is -1.92. The molecule has 0 aliphatic carbocycles. The molecule has 0 fully saturated rings. The average molecular weight is 411 g/mol. The van der Waals surface area contributed by atoms with Crippen molar-refractivity contribution >= 4 is 39.3 Å². The second kappa shape index (κ2) is 7.77. The van der Waals surface area contributed by atoms with Crippen molar-refractivity contribution in [2.24, 2.45) is 0 Å². The predicted octanol–water partition coefficient (Wildman–Crippen LogP) is 6.07. The first kappa shape index (κ1) is 18.7. The van der Waals surface area contributed by atoms with Crippen molar-refractivity contribution in [2.45, 2.75) is 30.5 Å². The van der Waals surface area contributed by atoms with Gasteiger partial charge in [-0.25, -0.2) is 14.8 Å². The fourth-order valence-corrected chi connectivity index (χ4v) is 4.81. The van der Waals surface area contributed by atoms with E-state index in [0.29, 0.717) is 17.4 Å². The molecule has 0 amide bonds. The molecule has 0 spiro atoms. The summed E-state index contributed by atoms with van der Waals surface area (Å²) in [5.74, 6) is 0.482. The molecule has 0 saturated carbocycles. The Morgan fingerprint density at radius 3 is 2.64 bits per heavy atom. The standard InChI is InChI=1S/C21H18N2O3S2/c1-12(2)13-3-5-14(6-4-13)16-10-28-20-18(16)19(22-11-23-20)27-9-15-7-8-17(26-15)21(24)25/h3-8,10-12H,9H2,1-2H3,(H,24,25). The van der Waals surface area contributed by atoms with Gasteiger partial charge in [0.2, 0.25) is 5.76 Å². The van der Waals surface area contributed by atoms with Gasteiger partial charge in [0.1, 0.15) is 21.9 Å². The van der Waals surface area contributed by atoms with Gasteiger partial charge in [0.25, 0.3) is 0 Å². The van der Waals surface area contributed by atoms with Crippen LogP contribution >= 0.6 is 23.1 Å². The minimum atomic E-state index is -1.06. The highest BCUT2D eigenvalue weighted by molar-refractivity contribution is 7.98. The summed E-state index contributed by atoms with van der Waals surface area (Å²) < 4.78 is 5.35. The molecular formula is C21H18N2O3S2. The molecule has 0 atom stereocenters. The number of rotatable bonds is 6. The number of nitrogens with zero attached hydrogens (tertiary/aromatic N) is 2. The van der Waals surface area contributed by atoms with E-state index in [4.69, 9.17) is 9.52 Å². The zero-order valence-electron chi connectivity index (χ0n) is 15.4. The van der Waals surface area contributed by atoms with Crippen LogP contribution in [0.5, 0.6) is 0 Å². The molecule has 142 valence electrons. The van der Waals surface area contributed by atoms with E-state index in [1.54, 1.807) is 23.7 Å². The Bertz CT molecular complexity index is 1130. The molecule has 0 aliphatic heterocycles. The van der Waals surface area contributed by atoms with Crippen LogP contribution < -0.4 is 0 Å². The third-order valence-electron chi connectivity index (χ3n) is 4.45. The Balaban J connectivity index is 1.65. The van der Waals surface area contributed by atoms with Crippen LogP contribution in [0.3, 0.4) is 0 Å². The normalized spacial score (nSPS) is 11.4. The van der Waals surface area contributed by atoms with Crippen molar-refractivity contribution in [1.82, 2.24) is 9.97 Å². The summed E-state index contributed by atoms with van der Waals surface area (Å²) in [5, 5.41) is 13.0. The molecule has 0 bridgehead atoms. The maximum absolute atomic E-state index is 11.0. The summed E-state index contributed by atoms with van der Waals surface area (Å²) in [6.45, 7) is 4.37. The fourth-order valence-electron chi connectivity index (χ4n) is 2.93. The number of carbonyl (C=O) groups is 1. The number of hydrogen-bond donors (Lipinski definition) is 1. The van der Waals surface area contributed by atoms with Crippen molar-refractivity contribution in [3.63, 3.8) is 0 Å². The summed E-state index contributed by atoms with van der Waals surface area (Å²) in [4.78, 5) is 20.8. The second-order valence-electron chi connectivity index (χ2n) is 6.64. The van der Waals surface area contributed by atoms with E-state index in [0.717, 1.165) is 26.4 Å². The SMILES string of the molecule is CC(C)c1ccc(-c2csc3ncnc(SCc4ccc(C(=O)O)o4)c23)cc1. The molecule has 4 aromatic rings. The molecule has 0 radical (unpaired) electrons. The predicted molar refractivity (Wildman–Crippen MR) is 112 cm³/mol. The molecule has 0 unspecified atom stereocenters. The molecule has 0 aliphatic rings. The van der Waals surface area contributed by atoms with Crippen molar-refractivity contribution in [3.05, 3.63) is 65.2 Å². The highest BCUT2D eigenvalue weighted by Crippen LogP contribution is 2.39. The first-order valence-electron chi connectivity index (χ1n) is 8.80. The minimum Gasteiger partial charge on any atom is -0.475 e. The Morgan fingerprint density at radius 1 is 1.18 bits per heavy atom. The van der Waals surface area contributed by atoms with Crippen LogP contribution in [0.1, 0.15) is 41.6 Å². The monoisotopic (exact) mass is 410 g/mol. The topological polar surface area (TPSA) is 76.2 Å². The van der Waals surface area contributed by atoms with Gasteiger partial charge in [-0.15, -0.1) is 11.3 Å². The van der Waals surface area contributed by atoms with Gasteiger partial charge in [0.05, 0.1) is 11.1 Å². The molecule has 3 heterocycles. The van der Waals surface area contributed by atoms with Gasteiger partial charge in [-0.1, -0.05) is 49.9 Å². The maximum Gasteiger partial charge on any atom is 0.371 e. The third-order valence-corrected chi connectivity index (χ3v) is 6.35. The van der Waals surface area contributed by atoms with Gasteiger partial charge in [0.15, 0.2) is 0 Å². The zero-order valence-corrected chi connectivity index (χ0v) is 17.0. The lowest BCUT2D eigenvalue weighted by Gasteiger charge is -2.08. The van der Waals surface area contributed by atoms with Gasteiger partial charge in [0, 0.05) is 10.9 Å². The van der Waals surface area contributed by atoms with Gasteiger partial charge in [-0.3, -0.25) is 0 Å². The molecule has 4 rings (SSSR count). The van der Waals surface area contributed by atoms with E-state index in [9.17, 15) is 4.79 Å². The number of hydrogen-bond acceptors (Lipinski definition) is 6. The molecule has 1 N–H and O–H groups in total. The van der Waals surface area contributed by atoms with Gasteiger partial charge >= 0.3 is 5.97 Å². The van der Waals surface area contributed by atoms with Crippen molar-refractivity contribution in [2.75, 3.05) is 0 Å². The summed E-state index contributed by atoms with van der Waals surface area (Å²) in [6.07, 6.45) is 1.57. The first-order chi connectivity index (χ1) is 13.5. The number of carboxylic acids is 1. The van der Waals surface area contributed by atoms with Crippen LogP contribution in [-0.2, 0) is 5.75 Å². The smallest absolute Gasteiger partial charge is 0.371 e. The lowest BCUT2D eigenvalue weighted by molar-refractivity contribution is 0.0661. The number of benzene rings is 1. The molecule has 0 saturated heterocycles. The summed E-state index contributed by atoms with van der Waals surface area (Å²) in [6, 6.07) is 11.8. The fraction of sp³-hybridized carbons (Fsp3) is 0.190. The number of fused-ring (bicyclic) bond motifs is 1. The van der Waals surface area contributed by atoms with E-state index in [1.807, 2.05) is 0 Å². The van der Waals surface area contributed by atoms with Crippen LogP contribution in [0.15, 0.2) is 57.5 Å². The summed E-state index contributed by atoms with van der Waals surface area (Å²) in [7, 11) is 0. The van der Waals surface area contributed by atoms with Gasteiger partial charge in [-0.2, -0.15) is 0 Å². The number of thiophene rings is 1. The summed E-state index contributed by atoms with van der Waals surface area (Å²) >= 11 is 3.12. The van der Waals surface area contributed by atoms with Crippen LogP contribution in [0.4, 0.5) is 0 Å². The van der Waals surface area contributed by atoms with Crippen LogP contribution in [0.2, 0.25) is 0 Å². The molecule has 5 nitrogen and oxygen atoms in total. The quantitative estimate of drug-likeness (QED) is 0.307. The Morgan fingerprint density at radius 2 is 1.96 bits per heavy atom. The number of carboxylic acid groups (broad SMARTS) is 1. The highest BCUT2D eigenvalue weighted by Gasteiger charge is 2.15. The minimum absolute atomic E-state index is 0.0510. The second-order valence-corrected chi connectivity index (χ2v) is 8.47. The lowest BCUT2D eigenvalue weighted by atomic mass is 9.99. The van der Waals surface area contributed by atoms with Gasteiger partial charge < -0.3 is 9.52 Å². The number of aromatic carboxylic acids is 1. The zero-order chi connectivity index (χ0) is 19.7. The van der Waals surface area contributed by atoms with Crippen LogP contribution in [0.25, 0.3) is 21.3 Å². The Kier molecular flexibility index (Phi) is 5.19. The Hall–Kier alpha value is -2.64. The largest absolute Gasteiger partial charge is 0.475 e. The average Bonchev–Trinajstić information content (AvgIpc) is 3.34. The van der Waals surface area contributed by atoms with Gasteiger partial charge in [-0.05, 0) is 29.2 Å². The molecule has 7 heteroatoms. The van der Waals surface area contributed by atoms with Crippen molar-refractivity contribution in [1.29, 1.82) is 0 Å². The molecule has 1 aromatic carbocycles. The third kappa shape index (κ3) is 3.68. The Labute approximate surface area is 170 Å². The summed E-state index contributed by atoms with van der Waals surface area (Å²) in [5.41, 5.74) is 3.56. The molecular weight excluding hydrogens is 392 g/mol. The highest BCUT2D eigenvalue weighted by atomic mass is 32.2. The van der Waals surface area contributed by atoms with E-state index in [-0.39, 0.29) is 5.76 Å². The van der Waals surface area contributed by atoms with Crippen LogP contribution in [0, 0.1) is 0 Å². The van der Waals surface area contributed by atoms with E-state index >= 15 is 0 Å².